The Morgan fingerprint density at radius 1 is 1.57 bits per heavy atom. The Balaban J connectivity index is 2.17. The Bertz CT molecular complexity index is 350. The molecule has 1 aromatic rings. The lowest BCUT2D eigenvalue weighted by atomic mass is 9.96. The molecular weight excluding hydrogens is 184 g/mol. The van der Waals surface area contributed by atoms with Gasteiger partial charge in [-0.25, -0.2) is 0 Å². The van der Waals surface area contributed by atoms with Crippen LogP contribution in [0.5, 0.6) is 5.75 Å². The van der Waals surface area contributed by atoms with Gasteiger partial charge in [-0.15, -0.1) is 0 Å². The summed E-state index contributed by atoms with van der Waals surface area (Å²) in [6.45, 7) is 0. The molecule has 1 heterocycles. The van der Waals surface area contributed by atoms with E-state index in [9.17, 15) is 10.1 Å². The van der Waals surface area contributed by atoms with Crippen LogP contribution in [-0.4, -0.2) is 16.0 Å². The maximum absolute atomic E-state index is 10.6. The first kappa shape index (κ1) is 8.93. The first-order valence-electron chi connectivity index (χ1n) is 4.52. The molecule has 1 fully saturated rings. The lowest BCUT2D eigenvalue weighted by molar-refractivity contribution is -0.386. The van der Waals surface area contributed by atoms with E-state index in [2.05, 4.69) is 4.98 Å². The maximum Gasteiger partial charge on any atom is 0.329 e. The summed E-state index contributed by atoms with van der Waals surface area (Å²) in [6.07, 6.45) is 5.98. The predicted molar refractivity (Wildman–Crippen MR) is 49.2 cm³/mol. The zero-order valence-electron chi connectivity index (χ0n) is 7.55. The summed E-state index contributed by atoms with van der Waals surface area (Å²) in [5.74, 6) is 0.328. The van der Waals surface area contributed by atoms with Crippen molar-refractivity contribution in [1.29, 1.82) is 0 Å². The molecule has 0 aliphatic heterocycles. The summed E-state index contributed by atoms with van der Waals surface area (Å²) >= 11 is 0. The number of hydrogen-bond acceptors (Lipinski definition) is 4. The quantitative estimate of drug-likeness (QED) is 0.544. The van der Waals surface area contributed by atoms with Crippen molar-refractivity contribution in [2.45, 2.75) is 25.4 Å². The number of rotatable bonds is 3. The minimum atomic E-state index is -0.471. The molecule has 2 rings (SSSR count). The van der Waals surface area contributed by atoms with Gasteiger partial charge in [0.1, 0.15) is 6.20 Å². The molecule has 5 heteroatoms. The highest BCUT2D eigenvalue weighted by atomic mass is 16.6. The maximum atomic E-state index is 10.6. The molecule has 0 unspecified atom stereocenters. The fraction of sp³-hybridized carbons (Fsp3) is 0.444. The Morgan fingerprint density at radius 2 is 2.36 bits per heavy atom. The van der Waals surface area contributed by atoms with Gasteiger partial charge in [0.15, 0.2) is 0 Å². The van der Waals surface area contributed by atoms with E-state index in [-0.39, 0.29) is 11.8 Å². The lowest BCUT2D eigenvalue weighted by Crippen LogP contribution is -2.24. The van der Waals surface area contributed by atoms with Crippen LogP contribution in [0.2, 0.25) is 0 Å². The van der Waals surface area contributed by atoms with E-state index >= 15 is 0 Å². The van der Waals surface area contributed by atoms with Crippen LogP contribution < -0.4 is 4.74 Å². The molecule has 0 spiro atoms. The highest BCUT2D eigenvalue weighted by Gasteiger charge is 2.23. The van der Waals surface area contributed by atoms with Gasteiger partial charge in [0.25, 0.3) is 0 Å². The minimum absolute atomic E-state index is 0.0561. The van der Waals surface area contributed by atoms with Crippen molar-refractivity contribution in [3.05, 3.63) is 28.6 Å². The molecule has 1 aliphatic carbocycles. The van der Waals surface area contributed by atoms with Crippen LogP contribution in [0.25, 0.3) is 0 Å². The first-order chi connectivity index (χ1) is 6.77. The number of hydrogen-bond donors (Lipinski definition) is 0. The van der Waals surface area contributed by atoms with E-state index in [1.54, 1.807) is 0 Å². The molecule has 0 radical (unpaired) electrons. The van der Waals surface area contributed by atoms with Crippen LogP contribution >= 0.6 is 0 Å². The van der Waals surface area contributed by atoms with Crippen molar-refractivity contribution in [1.82, 2.24) is 4.98 Å². The van der Waals surface area contributed by atoms with E-state index in [4.69, 9.17) is 4.74 Å². The second-order valence-corrected chi connectivity index (χ2v) is 3.27. The van der Waals surface area contributed by atoms with E-state index in [1.807, 2.05) is 0 Å². The van der Waals surface area contributed by atoms with Crippen molar-refractivity contribution in [2.75, 3.05) is 0 Å². The zero-order chi connectivity index (χ0) is 9.97. The molecule has 14 heavy (non-hydrogen) atoms. The molecular formula is C9H10N2O3. The first-order valence-corrected chi connectivity index (χ1v) is 4.52. The van der Waals surface area contributed by atoms with Crippen LogP contribution in [0.4, 0.5) is 5.69 Å². The molecule has 1 aromatic heterocycles. The van der Waals surface area contributed by atoms with Gasteiger partial charge in [-0.1, -0.05) is 0 Å². The molecule has 5 nitrogen and oxygen atoms in total. The lowest BCUT2D eigenvalue weighted by Gasteiger charge is -2.25. The number of nitro groups is 1. The van der Waals surface area contributed by atoms with Crippen LogP contribution in [-0.2, 0) is 0 Å². The van der Waals surface area contributed by atoms with E-state index < -0.39 is 4.92 Å². The normalized spacial score (nSPS) is 16.0. The third-order valence-electron chi connectivity index (χ3n) is 2.30. The number of ether oxygens (including phenoxy) is 1. The third kappa shape index (κ3) is 1.66. The van der Waals surface area contributed by atoms with Gasteiger partial charge >= 0.3 is 5.69 Å². The van der Waals surface area contributed by atoms with Gasteiger partial charge in [-0.2, -0.15) is 0 Å². The molecule has 1 saturated carbocycles. The zero-order valence-corrected chi connectivity index (χ0v) is 7.55. The van der Waals surface area contributed by atoms with Crippen molar-refractivity contribution in [3.63, 3.8) is 0 Å². The average Bonchev–Trinajstić information content (AvgIpc) is 2.12. The highest BCUT2D eigenvalue weighted by molar-refractivity contribution is 5.43. The molecule has 0 amide bonds. The second kappa shape index (κ2) is 3.61. The molecule has 0 atom stereocenters. The number of nitrogens with zero attached hydrogens (tertiary/aromatic N) is 2. The van der Waals surface area contributed by atoms with Gasteiger partial charge in [-0.3, -0.25) is 15.1 Å². The SMILES string of the molecule is O=[N+]([O-])c1cnccc1OC1CCC1. The van der Waals surface area contributed by atoms with E-state index in [0.29, 0.717) is 5.75 Å². The van der Waals surface area contributed by atoms with Crippen LogP contribution in [0.3, 0.4) is 0 Å². The monoisotopic (exact) mass is 194 g/mol. The Morgan fingerprint density at radius 3 is 2.93 bits per heavy atom. The van der Waals surface area contributed by atoms with Crippen molar-refractivity contribution in [2.24, 2.45) is 0 Å². The Labute approximate surface area is 80.9 Å². The Hall–Kier alpha value is -1.65. The number of pyridine rings is 1. The van der Waals surface area contributed by atoms with Crippen molar-refractivity contribution >= 4 is 5.69 Å². The van der Waals surface area contributed by atoms with Crippen LogP contribution in [0, 0.1) is 10.1 Å². The summed E-state index contributed by atoms with van der Waals surface area (Å²) in [6, 6.07) is 1.54. The van der Waals surface area contributed by atoms with E-state index in [1.165, 1.54) is 18.5 Å². The van der Waals surface area contributed by atoms with Crippen molar-refractivity contribution < 1.29 is 9.66 Å². The fourth-order valence-electron chi connectivity index (χ4n) is 1.28. The largest absolute Gasteiger partial charge is 0.483 e. The molecule has 0 saturated heterocycles. The molecule has 0 bridgehead atoms. The predicted octanol–water partition coefficient (Wildman–Crippen LogP) is 1.92. The molecule has 74 valence electrons. The van der Waals surface area contributed by atoms with Gasteiger partial charge in [0, 0.05) is 12.3 Å². The summed E-state index contributed by atoms with van der Waals surface area (Å²) in [5, 5.41) is 10.6. The standard InChI is InChI=1S/C9H10N2O3/c12-11(13)8-6-10-5-4-9(8)14-7-2-1-3-7/h4-7H,1-3H2. The second-order valence-electron chi connectivity index (χ2n) is 3.27. The van der Waals surface area contributed by atoms with Gasteiger partial charge < -0.3 is 4.74 Å². The summed E-state index contributed by atoms with van der Waals surface area (Å²) in [4.78, 5) is 13.8. The summed E-state index contributed by atoms with van der Waals surface area (Å²) in [7, 11) is 0. The Kier molecular flexibility index (Phi) is 2.30. The molecule has 0 aromatic carbocycles. The van der Waals surface area contributed by atoms with Crippen LogP contribution in [0.1, 0.15) is 19.3 Å². The molecule has 1 aliphatic rings. The third-order valence-corrected chi connectivity index (χ3v) is 2.30. The molecule has 0 N–H and O–H groups in total. The van der Waals surface area contributed by atoms with Gasteiger partial charge in [0.05, 0.1) is 11.0 Å². The average molecular weight is 194 g/mol. The fourth-order valence-corrected chi connectivity index (χ4v) is 1.28. The smallest absolute Gasteiger partial charge is 0.329 e. The topological polar surface area (TPSA) is 65.3 Å². The summed E-state index contributed by atoms with van der Waals surface area (Å²) < 4.78 is 5.46. The van der Waals surface area contributed by atoms with Gasteiger partial charge in [0.2, 0.25) is 5.75 Å². The van der Waals surface area contributed by atoms with Crippen molar-refractivity contribution in [3.8, 4) is 5.75 Å². The number of aromatic nitrogens is 1. The van der Waals surface area contributed by atoms with E-state index in [0.717, 1.165) is 19.3 Å². The summed E-state index contributed by atoms with van der Waals surface area (Å²) in [5.41, 5.74) is -0.0561. The van der Waals surface area contributed by atoms with Crippen LogP contribution in [0.15, 0.2) is 18.5 Å². The van der Waals surface area contributed by atoms with Gasteiger partial charge in [-0.05, 0) is 19.3 Å². The minimum Gasteiger partial charge on any atom is -0.483 e. The highest BCUT2D eigenvalue weighted by Crippen LogP contribution is 2.30.